The number of aryl methyl sites for hydroxylation is 1. The van der Waals surface area contributed by atoms with E-state index in [0.29, 0.717) is 43.4 Å². The average Bonchev–Trinajstić information content (AvgIpc) is 2.74. The van der Waals surface area contributed by atoms with Crippen LogP contribution in [0, 0.1) is 12.7 Å². The largest absolute Gasteiger partial charge is 0.366 e. The van der Waals surface area contributed by atoms with E-state index in [-0.39, 0.29) is 11.7 Å². The molecule has 0 bridgehead atoms. The van der Waals surface area contributed by atoms with E-state index >= 15 is 0 Å². The van der Waals surface area contributed by atoms with E-state index in [1.807, 2.05) is 24.0 Å². The number of benzene rings is 1. The van der Waals surface area contributed by atoms with E-state index in [1.54, 1.807) is 17.0 Å². The third-order valence-electron chi connectivity index (χ3n) is 5.48. The maximum Gasteiger partial charge on any atom is 0.272 e. The van der Waals surface area contributed by atoms with E-state index in [1.165, 1.54) is 12.5 Å². The standard InChI is InChI=1S/C21H26FN5O/c1-16-23-18(15-20(24-16)26-9-5-2-6-10-26)21(28)27-13-11-25(12-14-27)19-8-4-3-7-17(19)22/h3-4,7-8,15H,2,5-6,9-14H2,1H3. The van der Waals surface area contributed by atoms with Crippen LogP contribution in [0.25, 0.3) is 0 Å². The fourth-order valence-corrected chi connectivity index (χ4v) is 3.97. The van der Waals surface area contributed by atoms with Crippen molar-refractivity contribution in [1.82, 2.24) is 14.9 Å². The first kappa shape index (κ1) is 18.7. The number of carbonyl (C=O) groups is 1. The highest BCUT2D eigenvalue weighted by Gasteiger charge is 2.25. The molecule has 6 nitrogen and oxygen atoms in total. The Balaban J connectivity index is 1.45. The van der Waals surface area contributed by atoms with E-state index in [0.717, 1.165) is 31.7 Å². The minimum Gasteiger partial charge on any atom is -0.366 e. The van der Waals surface area contributed by atoms with Crippen LogP contribution >= 0.6 is 0 Å². The van der Waals surface area contributed by atoms with Crippen LogP contribution in [0.1, 0.15) is 35.6 Å². The Hall–Kier alpha value is -2.70. The molecule has 3 heterocycles. The van der Waals surface area contributed by atoms with E-state index in [4.69, 9.17) is 0 Å². The quantitative estimate of drug-likeness (QED) is 0.816. The molecular weight excluding hydrogens is 357 g/mol. The number of piperidine rings is 1. The van der Waals surface area contributed by atoms with Crippen LogP contribution in [-0.4, -0.2) is 60.0 Å². The van der Waals surface area contributed by atoms with Gasteiger partial charge in [0.15, 0.2) is 0 Å². The molecule has 4 rings (SSSR count). The van der Waals surface area contributed by atoms with Crippen LogP contribution in [0.5, 0.6) is 0 Å². The van der Waals surface area contributed by atoms with Gasteiger partial charge in [0.2, 0.25) is 0 Å². The Kier molecular flexibility index (Phi) is 5.41. The molecule has 0 saturated carbocycles. The predicted molar refractivity (Wildman–Crippen MR) is 107 cm³/mol. The number of halogens is 1. The van der Waals surface area contributed by atoms with E-state index in [2.05, 4.69) is 14.9 Å². The highest BCUT2D eigenvalue weighted by atomic mass is 19.1. The van der Waals surface area contributed by atoms with Gasteiger partial charge in [-0.3, -0.25) is 4.79 Å². The number of hydrogen-bond donors (Lipinski definition) is 0. The van der Waals surface area contributed by atoms with Crippen molar-refractivity contribution in [3.63, 3.8) is 0 Å². The van der Waals surface area contributed by atoms with Gasteiger partial charge in [0.05, 0.1) is 5.69 Å². The highest BCUT2D eigenvalue weighted by Crippen LogP contribution is 2.22. The van der Waals surface area contributed by atoms with Gasteiger partial charge in [0, 0.05) is 45.3 Å². The topological polar surface area (TPSA) is 52.6 Å². The Morgan fingerprint density at radius 2 is 1.64 bits per heavy atom. The molecular formula is C21H26FN5O. The number of hydrogen-bond acceptors (Lipinski definition) is 5. The lowest BCUT2D eigenvalue weighted by Gasteiger charge is -2.36. The lowest BCUT2D eigenvalue weighted by Crippen LogP contribution is -2.49. The first-order chi connectivity index (χ1) is 13.6. The molecule has 0 radical (unpaired) electrons. The molecule has 1 aromatic carbocycles. The number of amides is 1. The van der Waals surface area contributed by atoms with Crippen LogP contribution in [0.4, 0.5) is 15.9 Å². The number of para-hydroxylation sites is 1. The summed E-state index contributed by atoms with van der Waals surface area (Å²) in [5, 5.41) is 0. The van der Waals surface area contributed by atoms with Gasteiger partial charge in [-0.05, 0) is 38.3 Å². The molecule has 28 heavy (non-hydrogen) atoms. The summed E-state index contributed by atoms with van der Waals surface area (Å²) < 4.78 is 14.0. The van der Waals surface area contributed by atoms with Gasteiger partial charge >= 0.3 is 0 Å². The minimum absolute atomic E-state index is 0.0723. The lowest BCUT2D eigenvalue weighted by atomic mass is 10.1. The molecule has 0 aliphatic carbocycles. The first-order valence-corrected chi connectivity index (χ1v) is 10.0. The molecule has 0 unspecified atom stereocenters. The number of nitrogens with zero attached hydrogens (tertiary/aromatic N) is 5. The van der Waals surface area contributed by atoms with Gasteiger partial charge in [-0.2, -0.15) is 0 Å². The zero-order valence-electron chi connectivity index (χ0n) is 16.3. The van der Waals surface area contributed by atoms with Crippen LogP contribution in [-0.2, 0) is 0 Å². The second-order valence-corrected chi connectivity index (χ2v) is 7.44. The normalized spacial score (nSPS) is 17.7. The SMILES string of the molecule is Cc1nc(C(=O)N2CCN(c3ccccc3F)CC2)cc(N2CCCCC2)n1. The number of rotatable bonds is 3. The summed E-state index contributed by atoms with van der Waals surface area (Å²) in [7, 11) is 0. The van der Waals surface area contributed by atoms with Crippen molar-refractivity contribution in [2.75, 3.05) is 49.1 Å². The lowest BCUT2D eigenvalue weighted by molar-refractivity contribution is 0.0740. The summed E-state index contributed by atoms with van der Waals surface area (Å²) in [6, 6.07) is 8.60. The smallest absolute Gasteiger partial charge is 0.272 e. The van der Waals surface area contributed by atoms with Gasteiger partial charge in [-0.25, -0.2) is 14.4 Å². The number of piperazine rings is 1. The molecule has 2 fully saturated rings. The number of anilines is 2. The summed E-state index contributed by atoms with van der Waals surface area (Å²) in [6.07, 6.45) is 3.56. The molecule has 2 saturated heterocycles. The molecule has 0 N–H and O–H groups in total. The summed E-state index contributed by atoms with van der Waals surface area (Å²) >= 11 is 0. The zero-order chi connectivity index (χ0) is 19.5. The summed E-state index contributed by atoms with van der Waals surface area (Å²) in [5.74, 6) is 1.17. The average molecular weight is 383 g/mol. The molecule has 2 aliphatic rings. The van der Waals surface area contributed by atoms with Crippen molar-refractivity contribution in [3.05, 3.63) is 47.7 Å². The third kappa shape index (κ3) is 3.93. The molecule has 148 valence electrons. The van der Waals surface area contributed by atoms with E-state index < -0.39 is 0 Å². The van der Waals surface area contributed by atoms with Crippen LogP contribution in [0.15, 0.2) is 30.3 Å². The summed E-state index contributed by atoms with van der Waals surface area (Å²) in [5.41, 5.74) is 1.05. The molecule has 1 amide bonds. The molecule has 7 heteroatoms. The monoisotopic (exact) mass is 383 g/mol. The Bertz CT molecular complexity index is 844. The second kappa shape index (κ2) is 8.12. The van der Waals surface area contributed by atoms with Crippen molar-refractivity contribution in [1.29, 1.82) is 0 Å². The second-order valence-electron chi connectivity index (χ2n) is 7.44. The fraction of sp³-hybridized carbons (Fsp3) is 0.476. The van der Waals surface area contributed by atoms with Gasteiger partial charge in [0.1, 0.15) is 23.2 Å². The first-order valence-electron chi connectivity index (χ1n) is 10.0. The Morgan fingerprint density at radius 1 is 0.929 bits per heavy atom. The third-order valence-corrected chi connectivity index (χ3v) is 5.48. The minimum atomic E-state index is -0.222. The molecule has 1 aromatic heterocycles. The molecule has 2 aliphatic heterocycles. The molecule has 0 spiro atoms. The maximum atomic E-state index is 14.0. The van der Waals surface area contributed by atoms with Gasteiger partial charge < -0.3 is 14.7 Å². The zero-order valence-corrected chi connectivity index (χ0v) is 16.3. The predicted octanol–water partition coefficient (Wildman–Crippen LogP) is 2.88. The Morgan fingerprint density at radius 3 is 2.36 bits per heavy atom. The van der Waals surface area contributed by atoms with Gasteiger partial charge in [-0.1, -0.05) is 12.1 Å². The van der Waals surface area contributed by atoms with Crippen molar-refractivity contribution in [2.24, 2.45) is 0 Å². The van der Waals surface area contributed by atoms with Crippen LogP contribution in [0.2, 0.25) is 0 Å². The number of aromatic nitrogens is 2. The maximum absolute atomic E-state index is 14.0. The van der Waals surface area contributed by atoms with Crippen molar-refractivity contribution in [3.8, 4) is 0 Å². The molecule has 2 aromatic rings. The van der Waals surface area contributed by atoms with E-state index in [9.17, 15) is 9.18 Å². The molecule has 0 atom stereocenters. The Labute approximate surface area is 165 Å². The van der Waals surface area contributed by atoms with Crippen molar-refractivity contribution >= 4 is 17.4 Å². The van der Waals surface area contributed by atoms with Gasteiger partial charge in [-0.15, -0.1) is 0 Å². The summed E-state index contributed by atoms with van der Waals surface area (Å²) in [4.78, 5) is 28.0. The summed E-state index contributed by atoms with van der Waals surface area (Å²) in [6.45, 7) is 6.10. The highest BCUT2D eigenvalue weighted by molar-refractivity contribution is 5.93. The van der Waals surface area contributed by atoms with Crippen molar-refractivity contribution in [2.45, 2.75) is 26.2 Å². The van der Waals surface area contributed by atoms with Crippen LogP contribution in [0.3, 0.4) is 0 Å². The van der Waals surface area contributed by atoms with Crippen molar-refractivity contribution < 1.29 is 9.18 Å². The fourth-order valence-electron chi connectivity index (χ4n) is 3.97. The number of carbonyl (C=O) groups excluding carboxylic acids is 1. The van der Waals surface area contributed by atoms with Gasteiger partial charge in [0.25, 0.3) is 5.91 Å². The van der Waals surface area contributed by atoms with Crippen LogP contribution < -0.4 is 9.80 Å².